The first-order valence-electron chi connectivity index (χ1n) is 17.4. The number of hydrogen-bond acceptors (Lipinski definition) is 10. The van der Waals surface area contributed by atoms with Crippen molar-refractivity contribution in [3.05, 3.63) is 36.0 Å². The number of methoxy groups -OCH3 is 1. The monoisotopic (exact) mass is 726 g/mol. The predicted octanol–water partition coefficient (Wildman–Crippen LogP) is 2.82. The van der Waals surface area contributed by atoms with Crippen LogP contribution >= 0.6 is 0 Å². The number of sulfonamides is 1. The van der Waals surface area contributed by atoms with Gasteiger partial charge in [-0.1, -0.05) is 26.0 Å². The van der Waals surface area contributed by atoms with Gasteiger partial charge in [0.1, 0.15) is 35.2 Å². The summed E-state index contributed by atoms with van der Waals surface area (Å²) in [6.07, 6.45) is 4.59. The second-order valence-electron chi connectivity index (χ2n) is 14.9. The molecule has 0 radical (unpaired) electrons. The van der Waals surface area contributed by atoms with Gasteiger partial charge in [-0.15, -0.1) is 0 Å². The third kappa shape index (κ3) is 7.32. The van der Waals surface area contributed by atoms with E-state index in [-0.39, 0.29) is 31.2 Å². The number of allylic oxidation sites excluding steroid dienone is 1. The number of aromatic nitrogens is 2. The smallest absolute Gasteiger partial charge is 0.405 e. The highest BCUT2D eigenvalue weighted by Gasteiger charge is 2.63. The Labute approximate surface area is 297 Å². The number of hydrogen-bond donors (Lipinski definition) is 4. The lowest BCUT2D eigenvalue weighted by atomic mass is 9.88. The van der Waals surface area contributed by atoms with Gasteiger partial charge in [-0.25, -0.2) is 23.2 Å². The van der Waals surface area contributed by atoms with Crippen molar-refractivity contribution in [3.63, 3.8) is 0 Å². The predicted molar refractivity (Wildman–Crippen MR) is 185 cm³/mol. The zero-order chi connectivity index (χ0) is 36.9. The van der Waals surface area contributed by atoms with E-state index in [0.29, 0.717) is 48.2 Å². The Kier molecular flexibility index (Phi) is 9.67. The Bertz CT molecular complexity index is 1880. The molecule has 2 saturated carbocycles. The van der Waals surface area contributed by atoms with Crippen molar-refractivity contribution in [1.29, 1.82) is 0 Å². The summed E-state index contributed by atoms with van der Waals surface area (Å²) < 4.78 is 39.0. The fourth-order valence-electron chi connectivity index (χ4n) is 7.23. The third-order valence-electron chi connectivity index (χ3n) is 10.8. The van der Waals surface area contributed by atoms with Crippen LogP contribution in [0.2, 0.25) is 0 Å². The largest absolute Gasteiger partial charge is 0.497 e. The average Bonchev–Trinajstić information content (AvgIpc) is 3.95. The van der Waals surface area contributed by atoms with Crippen LogP contribution in [0.25, 0.3) is 11.0 Å². The van der Waals surface area contributed by atoms with Gasteiger partial charge >= 0.3 is 6.09 Å². The molecule has 0 spiro atoms. The number of carbonyl (C=O) groups is 4. The van der Waals surface area contributed by atoms with Crippen molar-refractivity contribution in [3.8, 4) is 11.6 Å². The summed E-state index contributed by atoms with van der Waals surface area (Å²) in [6.45, 7) is 7.05. The summed E-state index contributed by atoms with van der Waals surface area (Å²) in [5.74, 6) is -2.08. The Hall–Kier alpha value is -4.47. The number of benzene rings is 1. The van der Waals surface area contributed by atoms with Gasteiger partial charge in [-0.2, -0.15) is 0 Å². The first-order valence-corrected chi connectivity index (χ1v) is 18.9. The molecule has 7 atom stereocenters. The van der Waals surface area contributed by atoms with Crippen molar-refractivity contribution < 1.29 is 42.2 Å². The molecule has 1 aromatic carbocycles. The molecule has 4 aliphatic rings. The van der Waals surface area contributed by atoms with Crippen molar-refractivity contribution >= 4 is 44.9 Å². The minimum Gasteiger partial charge on any atom is -0.497 e. The van der Waals surface area contributed by atoms with Gasteiger partial charge in [-0.3, -0.25) is 19.1 Å². The fourth-order valence-corrected chi connectivity index (χ4v) is 8.54. The van der Waals surface area contributed by atoms with Gasteiger partial charge in [0.15, 0.2) is 0 Å². The first kappa shape index (κ1) is 36.3. The van der Waals surface area contributed by atoms with E-state index in [1.807, 2.05) is 19.1 Å². The van der Waals surface area contributed by atoms with Crippen LogP contribution < -0.4 is 24.8 Å². The van der Waals surface area contributed by atoms with Gasteiger partial charge in [-0.05, 0) is 76.3 Å². The Balaban J connectivity index is 1.33. The SMILES string of the molecule is COc1ccc2nc(C)c(O[C@@H]3C[C@H]4C(=O)N[C@]5(C(=O)NS(=O)(=O)C6(C)CC6)C[C@H]5C=CCC[C@H](C)C[C@@H](C)[C@H](NC(=O)O)C(=O)N4C3)nc2c1. The van der Waals surface area contributed by atoms with E-state index in [2.05, 4.69) is 25.3 Å². The second kappa shape index (κ2) is 13.6. The van der Waals surface area contributed by atoms with E-state index >= 15 is 0 Å². The number of aryl methyl sites for hydroxylation is 1. The van der Waals surface area contributed by atoms with Crippen molar-refractivity contribution in [2.75, 3.05) is 13.7 Å². The number of rotatable bonds is 7. The number of nitrogens with zero attached hydrogens (tertiary/aromatic N) is 3. The summed E-state index contributed by atoms with van der Waals surface area (Å²) in [6, 6.07) is 2.92. The molecule has 1 aromatic heterocycles. The van der Waals surface area contributed by atoms with Crippen LogP contribution in [-0.2, 0) is 24.4 Å². The minimum atomic E-state index is -4.00. The van der Waals surface area contributed by atoms with E-state index in [9.17, 15) is 32.7 Å². The topological polar surface area (TPSA) is 206 Å². The summed E-state index contributed by atoms with van der Waals surface area (Å²) in [7, 11) is -2.46. The molecule has 6 rings (SSSR count). The lowest BCUT2D eigenvalue weighted by molar-refractivity contribution is -0.142. The first-order chi connectivity index (χ1) is 24.1. The lowest BCUT2D eigenvalue weighted by Crippen LogP contribution is -2.59. The van der Waals surface area contributed by atoms with Crippen LogP contribution in [0, 0.1) is 24.7 Å². The van der Waals surface area contributed by atoms with Gasteiger partial charge in [0.2, 0.25) is 27.7 Å². The van der Waals surface area contributed by atoms with E-state index in [4.69, 9.17) is 9.47 Å². The zero-order valence-corrected chi connectivity index (χ0v) is 30.3. The maximum atomic E-state index is 14.3. The fraction of sp³-hybridized carbons (Fsp3) is 0.600. The van der Waals surface area contributed by atoms with E-state index in [0.717, 1.165) is 6.42 Å². The van der Waals surface area contributed by atoms with Crippen LogP contribution in [0.4, 0.5) is 4.79 Å². The summed E-state index contributed by atoms with van der Waals surface area (Å²) in [4.78, 5) is 64.9. The molecule has 2 aliphatic heterocycles. The van der Waals surface area contributed by atoms with Gasteiger partial charge in [0.05, 0.1) is 29.4 Å². The van der Waals surface area contributed by atoms with Crippen LogP contribution in [-0.4, -0.2) is 94.3 Å². The molecule has 2 aromatic rings. The van der Waals surface area contributed by atoms with Crippen LogP contribution in [0.15, 0.2) is 30.4 Å². The Morgan fingerprint density at radius 1 is 1.12 bits per heavy atom. The molecule has 4 amide bonds. The zero-order valence-electron chi connectivity index (χ0n) is 29.5. The lowest BCUT2D eigenvalue weighted by Gasteiger charge is -2.32. The molecule has 0 bridgehead atoms. The molecule has 51 heavy (non-hydrogen) atoms. The standard InChI is InChI=1S/C35H46N6O9S/c1-19-8-6-7-9-22-17-35(22,32(44)40-51(47,48)34(4)12-13-34)39-29(42)27-16-24(18-41(27)31(43)28(20(2)14-19)38-33(45)46)50-30-21(3)36-25-11-10-23(49-5)15-26(25)37-30/h7,9-11,15,19-20,22,24,27-28,38H,6,8,12-14,16-18H2,1-5H3,(H,39,42)(H,40,44)(H,45,46)/t19-,20+,22+,24+,27-,28-,35+/m0/s1. The van der Waals surface area contributed by atoms with Gasteiger partial charge in [0, 0.05) is 18.4 Å². The van der Waals surface area contributed by atoms with Crippen LogP contribution in [0.1, 0.15) is 71.4 Å². The molecule has 15 nitrogen and oxygen atoms in total. The summed E-state index contributed by atoms with van der Waals surface area (Å²) >= 11 is 0. The molecular weight excluding hydrogens is 680 g/mol. The van der Waals surface area contributed by atoms with Crippen molar-refractivity contribution in [2.45, 2.75) is 101 Å². The molecule has 3 heterocycles. The van der Waals surface area contributed by atoms with Crippen LogP contribution in [0.3, 0.4) is 0 Å². The molecule has 16 heteroatoms. The van der Waals surface area contributed by atoms with E-state index in [1.54, 1.807) is 39.0 Å². The Morgan fingerprint density at radius 2 is 1.86 bits per heavy atom. The highest BCUT2D eigenvalue weighted by atomic mass is 32.2. The van der Waals surface area contributed by atoms with Crippen LogP contribution in [0.5, 0.6) is 11.6 Å². The average molecular weight is 727 g/mol. The summed E-state index contributed by atoms with van der Waals surface area (Å²) in [5, 5.41) is 15.0. The normalized spacial score (nSPS) is 30.6. The van der Waals surface area contributed by atoms with E-state index in [1.165, 1.54) is 12.0 Å². The van der Waals surface area contributed by atoms with Gasteiger partial charge < -0.3 is 30.1 Å². The molecule has 2 aliphatic carbocycles. The quantitative estimate of drug-likeness (QED) is 0.305. The molecule has 4 N–H and O–H groups in total. The highest BCUT2D eigenvalue weighted by molar-refractivity contribution is 7.91. The number of amides is 4. The molecule has 276 valence electrons. The molecular formula is C35H46N6O9S. The molecule has 0 unspecified atom stereocenters. The maximum absolute atomic E-state index is 14.3. The van der Waals surface area contributed by atoms with E-state index < -0.39 is 74.1 Å². The third-order valence-corrected chi connectivity index (χ3v) is 13.0. The number of fused-ring (bicyclic) bond motifs is 3. The highest BCUT2D eigenvalue weighted by Crippen LogP contribution is 2.47. The van der Waals surface area contributed by atoms with Crippen molar-refractivity contribution in [1.82, 2.24) is 30.2 Å². The van der Waals surface area contributed by atoms with Gasteiger partial charge in [0.25, 0.3) is 5.91 Å². The number of nitrogens with one attached hydrogen (secondary N) is 3. The molecule has 1 saturated heterocycles. The van der Waals surface area contributed by atoms with Crippen molar-refractivity contribution in [2.24, 2.45) is 17.8 Å². The number of ether oxygens (including phenoxy) is 2. The maximum Gasteiger partial charge on any atom is 0.405 e. The second-order valence-corrected chi connectivity index (χ2v) is 17.1. The summed E-state index contributed by atoms with van der Waals surface area (Å²) in [5.41, 5.74) is 0.0711. The number of carboxylic acid groups (broad SMARTS) is 1. The Morgan fingerprint density at radius 3 is 2.55 bits per heavy atom. The number of carbonyl (C=O) groups excluding carboxylic acids is 3. The molecule has 3 fully saturated rings. The minimum absolute atomic E-state index is 0.00596.